The van der Waals surface area contributed by atoms with Crippen LogP contribution in [0.3, 0.4) is 0 Å². The second-order valence-corrected chi connectivity index (χ2v) is 6.81. The summed E-state index contributed by atoms with van der Waals surface area (Å²) in [6.07, 6.45) is 4.66. The van der Waals surface area contributed by atoms with Crippen LogP contribution in [0.15, 0.2) is 41.5 Å². The molecule has 3 heterocycles. The smallest absolute Gasteiger partial charge is 0.256 e. The summed E-state index contributed by atoms with van der Waals surface area (Å²) in [4.78, 5) is 31.9. The first-order chi connectivity index (χ1) is 13.0. The Kier molecular flexibility index (Phi) is 4.35. The zero-order chi connectivity index (χ0) is 19.0. The Labute approximate surface area is 156 Å². The lowest BCUT2D eigenvalue weighted by atomic mass is 10.1. The van der Waals surface area contributed by atoms with Crippen LogP contribution >= 0.6 is 0 Å². The average Bonchev–Trinajstić information content (AvgIpc) is 3.14. The summed E-state index contributed by atoms with van der Waals surface area (Å²) >= 11 is 0. The summed E-state index contributed by atoms with van der Waals surface area (Å²) in [7, 11) is 1.74. The fraction of sp³-hybridized carbons (Fsp3) is 0.300. The number of aryl methyl sites for hydroxylation is 1. The molecule has 0 saturated heterocycles. The minimum atomic E-state index is -0.0262. The Balaban J connectivity index is 1.59. The molecule has 3 aromatic rings. The van der Waals surface area contributed by atoms with Crippen molar-refractivity contribution >= 4 is 5.91 Å². The molecular weight excluding hydrogens is 342 g/mol. The van der Waals surface area contributed by atoms with Gasteiger partial charge < -0.3 is 4.90 Å². The SMILES string of the molecule is Cc1nc2c(c(=O)n1C)CCN(C(=O)c1cccc(-c3cn[nH]c3)c1)CC2. The first kappa shape index (κ1) is 17.2. The van der Waals surface area contributed by atoms with Crippen LogP contribution in [0.4, 0.5) is 0 Å². The van der Waals surface area contributed by atoms with Gasteiger partial charge >= 0.3 is 0 Å². The number of fused-ring (bicyclic) bond motifs is 1. The molecule has 0 atom stereocenters. The molecule has 0 unspecified atom stereocenters. The Bertz CT molecular complexity index is 1050. The lowest BCUT2D eigenvalue weighted by Crippen LogP contribution is -2.33. The molecule has 0 bridgehead atoms. The summed E-state index contributed by atoms with van der Waals surface area (Å²) in [6.45, 7) is 2.90. The van der Waals surface area contributed by atoms with E-state index < -0.39 is 0 Å². The predicted molar refractivity (Wildman–Crippen MR) is 102 cm³/mol. The van der Waals surface area contributed by atoms with Crippen LogP contribution in [0.5, 0.6) is 0 Å². The largest absolute Gasteiger partial charge is 0.338 e. The van der Waals surface area contributed by atoms with E-state index in [2.05, 4.69) is 15.2 Å². The molecule has 1 amide bonds. The van der Waals surface area contributed by atoms with Crippen LogP contribution in [-0.4, -0.2) is 43.6 Å². The number of H-pyrrole nitrogens is 1. The second-order valence-electron chi connectivity index (χ2n) is 6.81. The highest BCUT2D eigenvalue weighted by Crippen LogP contribution is 2.20. The van der Waals surface area contributed by atoms with Crippen molar-refractivity contribution in [1.29, 1.82) is 0 Å². The standard InChI is InChI=1S/C20H21N5O2/c1-13-23-18-7-9-25(8-6-17(18)20(27)24(13)2)19(26)15-5-3-4-14(10-15)16-11-21-22-12-16/h3-5,10-12H,6-9H2,1-2H3,(H,21,22). The van der Waals surface area contributed by atoms with Crippen LogP contribution in [0, 0.1) is 6.92 Å². The van der Waals surface area contributed by atoms with E-state index in [-0.39, 0.29) is 11.5 Å². The van der Waals surface area contributed by atoms with Crippen molar-refractivity contribution in [2.75, 3.05) is 13.1 Å². The Morgan fingerprint density at radius 3 is 2.78 bits per heavy atom. The molecule has 1 aliphatic heterocycles. The maximum Gasteiger partial charge on any atom is 0.256 e. The van der Waals surface area contributed by atoms with Gasteiger partial charge in [-0.1, -0.05) is 12.1 Å². The second kappa shape index (κ2) is 6.83. The van der Waals surface area contributed by atoms with E-state index in [1.54, 1.807) is 24.0 Å². The van der Waals surface area contributed by atoms with Gasteiger partial charge in [0.2, 0.25) is 0 Å². The number of hydrogen-bond donors (Lipinski definition) is 1. The van der Waals surface area contributed by atoms with Gasteiger partial charge in [-0.2, -0.15) is 5.10 Å². The van der Waals surface area contributed by atoms with Gasteiger partial charge in [-0.15, -0.1) is 0 Å². The number of carbonyl (C=O) groups excluding carboxylic acids is 1. The molecule has 4 rings (SSSR count). The number of aromatic nitrogens is 4. The van der Waals surface area contributed by atoms with Crippen molar-refractivity contribution < 1.29 is 4.79 Å². The van der Waals surface area contributed by atoms with Gasteiger partial charge in [0.15, 0.2) is 0 Å². The molecule has 27 heavy (non-hydrogen) atoms. The number of hydrogen-bond acceptors (Lipinski definition) is 4. The summed E-state index contributed by atoms with van der Waals surface area (Å²) in [5, 5.41) is 6.75. The van der Waals surface area contributed by atoms with Gasteiger partial charge in [0.1, 0.15) is 5.82 Å². The van der Waals surface area contributed by atoms with Crippen molar-refractivity contribution in [3.05, 3.63) is 69.7 Å². The fourth-order valence-corrected chi connectivity index (χ4v) is 3.49. The molecule has 7 nitrogen and oxygen atoms in total. The number of benzene rings is 1. The van der Waals surface area contributed by atoms with E-state index >= 15 is 0 Å². The van der Waals surface area contributed by atoms with E-state index in [9.17, 15) is 9.59 Å². The third-order valence-corrected chi connectivity index (χ3v) is 5.17. The Hall–Kier alpha value is -3.22. The van der Waals surface area contributed by atoms with Crippen LogP contribution in [0.25, 0.3) is 11.1 Å². The number of aromatic amines is 1. The predicted octanol–water partition coefficient (Wildman–Crippen LogP) is 1.72. The van der Waals surface area contributed by atoms with E-state index in [0.29, 0.717) is 37.3 Å². The fourth-order valence-electron chi connectivity index (χ4n) is 3.49. The summed E-state index contributed by atoms with van der Waals surface area (Å²) in [5.74, 6) is 0.674. The van der Waals surface area contributed by atoms with E-state index in [1.165, 1.54) is 0 Å². The third-order valence-electron chi connectivity index (χ3n) is 5.17. The van der Waals surface area contributed by atoms with Gasteiger partial charge in [0, 0.05) is 49.4 Å². The maximum atomic E-state index is 13.0. The third kappa shape index (κ3) is 3.16. The average molecular weight is 363 g/mol. The minimum Gasteiger partial charge on any atom is -0.338 e. The van der Waals surface area contributed by atoms with Gasteiger partial charge in [0.25, 0.3) is 11.5 Å². The molecule has 0 aliphatic carbocycles. The summed E-state index contributed by atoms with van der Waals surface area (Å²) in [6, 6.07) is 7.54. The molecule has 0 fully saturated rings. The monoisotopic (exact) mass is 363 g/mol. The first-order valence-corrected chi connectivity index (χ1v) is 8.98. The Morgan fingerprint density at radius 2 is 2.00 bits per heavy atom. The normalized spacial score (nSPS) is 13.9. The van der Waals surface area contributed by atoms with Crippen LogP contribution in [0.1, 0.15) is 27.4 Å². The van der Waals surface area contributed by atoms with E-state index in [1.807, 2.05) is 36.1 Å². The topological polar surface area (TPSA) is 83.9 Å². The van der Waals surface area contributed by atoms with Crippen molar-refractivity contribution in [3.8, 4) is 11.1 Å². The number of rotatable bonds is 2. The van der Waals surface area contributed by atoms with Crippen molar-refractivity contribution in [3.63, 3.8) is 0 Å². The van der Waals surface area contributed by atoms with Gasteiger partial charge in [-0.25, -0.2) is 4.98 Å². The molecule has 1 N–H and O–H groups in total. The number of nitrogens with zero attached hydrogens (tertiary/aromatic N) is 4. The lowest BCUT2D eigenvalue weighted by molar-refractivity contribution is 0.0763. The highest BCUT2D eigenvalue weighted by atomic mass is 16.2. The quantitative estimate of drug-likeness (QED) is 0.751. The molecule has 2 aromatic heterocycles. The summed E-state index contributed by atoms with van der Waals surface area (Å²) < 4.78 is 1.57. The van der Waals surface area contributed by atoms with Crippen LogP contribution < -0.4 is 5.56 Å². The van der Waals surface area contributed by atoms with Gasteiger partial charge in [-0.05, 0) is 31.0 Å². The molecule has 0 saturated carbocycles. The molecule has 0 radical (unpaired) electrons. The summed E-state index contributed by atoms with van der Waals surface area (Å²) in [5.41, 5.74) is 4.06. The lowest BCUT2D eigenvalue weighted by Gasteiger charge is -2.20. The van der Waals surface area contributed by atoms with Crippen molar-refractivity contribution in [1.82, 2.24) is 24.6 Å². The van der Waals surface area contributed by atoms with E-state index in [4.69, 9.17) is 0 Å². The van der Waals surface area contributed by atoms with Crippen LogP contribution in [-0.2, 0) is 19.9 Å². The van der Waals surface area contributed by atoms with Gasteiger partial charge in [0.05, 0.1) is 11.9 Å². The zero-order valence-corrected chi connectivity index (χ0v) is 15.4. The molecule has 1 aliphatic rings. The first-order valence-electron chi connectivity index (χ1n) is 8.98. The number of amides is 1. The van der Waals surface area contributed by atoms with Crippen molar-refractivity contribution in [2.24, 2.45) is 7.05 Å². The maximum absolute atomic E-state index is 13.0. The minimum absolute atomic E-state index is 0.00578. The highest BCUT2D eigenvalue weighted by Gasteiger charge is 2.23. The zero-order valence-electron chi connectivity index (χ0n) is 15.4. The molecule has 7 heteroatoms. The van der Waals surface area contributed by atoms with Crippen molar-refractivity contribution in [2.45, 2.75) is 19.8 Å². The Morgan fingerprint density at radius 1 is 1.19 bits per heavy atom. The van der Waals surface area contributed by atoms with Crippen LogP contribution in [0.2, 0.25) is 0 Å². The van der Waals surface area contributed by atoms with Gasteiger partial charge in [-0.3, -0.25) is 19.3 Å². The van der Waals surface area contributed by atoms with E-state index in [0.717, 1.165) is 22.4 Å². The number of nitrogens with one attached hydrogen (secondary N) is 1. The molecule has 138 valence electrons. The molecule has 0 spiro atoms. The number of carbonyl (C=O) groups is 1. The molecular formula is C20H21N5O2. The molecule has 1 aromatic carbocycles. The highest BCUT2D eigenvalue weighted by molar-refractivity contribution is 5.95.